The fourth-order valence-electron chi connectivity index (χ4n) is 5.79. The zero-order valence-corrected chi connectivity index (χ0v) is 24.2. The van der Waals surface area contributed by atoms with E-state index in [1.165, 1.54) is 13.2 Å². The summed E-state index contributed by atoms with van der Waals surface area (Å²) < 4.78 is 35.8. The summed E-state index contributed by atoms with van der Waals surface area (Å²) in [7, 11) is 4.91. The van der Waals surface area contributed by atoms with Crippen molar-refractivity contribution < 1.29 is 28.2 Å². The van der Waals surface area contributed by atoms with Gasteiger partial charge in [-0.2, -0.15) is 13.8 Å². The first-order chi connectivity index (χ1) is 20.1. The van der Waals surface area contributed by atoms with E-state index in [9.17, 15) is 23.5 Å². The number of nitrogens with zero attached hydrogens (tertiary/aromatic N) is 6. The molecule has 0 unspecified atom stereocenters. The maximum absolute atomic E-state index is 15.0. The lowest BCUT2D eigenvalue weighted by molar-refractivity contribution is -0.140. The molecule has 1 aromatic carbocycles. The second-order valence-corrected chi connectivity index (χ2v) is 11.0. The molecule has 228 valence electrons. The number of nitrogens with one attached hydrogen (secondary N) is 2. The third-order valence-corrected chi connectivity index (χ3v) is 8.14. The van der Waals surface area contributed by atoms with Crippen molar-refractivity contribution in [3.8, 4) is 5.75 Å². The second-order valence-electron chi connectivity index (χ2n) is 11.0. The summed E-state index contributed by atoms with van der Waals surface area (Å²) in [6.07, 6.45) is 4.67. The van der Waals surface area contributed by atoms with E-state index in [1.54, 1.807) is 24.1 Å². The molecule has 5 rings (SSSR count). The van der Waals surface area contributed by atoms with Crippen LogP contribution in [0.2, 0.25) is 0 Å². The van der Waals surface area contributed by atoms with Crippen molar-refractivity contribution >= 4 is 40.6 Å². The Morgan fingerprint density at radius 1 is 1.14 bits per heavy atom. The standard InChI is InChI=1S/C28H38F2N8O4/c1-31-25(40)19-14-23(42-13-12-39)20(15-21(19)37-10-8-35(2)9-11-37)33-27-32-16-22-24(34-27)38(18-6-4-5-7-18)17-28(29,30)26(41)36(22)3/h14-16,18,39H,4-13,17H2,1-3H3,(H,31,40)(H,32,33,34). The normalized spacial score (nSPS) is 19.5. The fourth-order valence-corrected chi connectivity index (χ4v) is 5.79. The summed E-state index contributed by atoms with van der Waals surface area (Å²) in [5.41, 5.74) is 1.76. The van der Waals surface area contributed by atoms with Crippen LogP contribution in [-0.4, -0.2) is 111 Å². The van der Waals surface area contributed by atoms with Crippen LogP contribution in [0.3, 0.4) is 0 Å². The lowest BCUT2D eigenvalue weighted by atomic mass is 10.1. The number of ether oxygens (including phenoxy) is 1. The van der Waals surface area contributed by atoms with Gasteiger partial charge in [0.25, 0.3) is 11.8 Å². The monoisotopic (exact) mass is 588 g/mol. The lowest BCUT2D eigenvalue weighted by Gasteiger charge is -2.35. The van der Waals surface area contributed by atoms with Crippen LogP contribution >= 0.6 is 0 Å². The van der Waals surface area contributed by atoms with Crippen molar-refractivity contribution in [1.82, 2.24) is 20.2 Å². The summed E-state index contributed by atoms with van der Waals surface area (Å²) in [6, 6.07) is 3.23. The molecule has 1 aromatic heterocycles. The maximum Gasteiger partial charge on any atom is 0.342 e. The fraction of sp³-hybridized carbons (Fsp3) is 0.571. The van der Waals surface area contributed by atoms with Crippen LogP contribution in [0.4, 0.5) is 37.6 Å². The van der Waals surface area contributed by atoms with Crippen molar-refractivity contribution in [2.45, 2.75) is 37.6 Å². The van der Waals surface area contributed by atoms with Crippen molar-refractivity contribution in [3.05, 3.63) is 23.9 Å². The smallest absolute Gasteiger partial charge is 0.342 e. The van der Waals surface area contributed by atoms with Crippen molar-refractivity contribution in [2.24, 2.45) is 0 Å². The quantitative estimate of drug-likeness (QED) is 0.422. The molecule has 2 aliphatic heterocycles. The number of aromatic nitrogens is 2. The molecule has 1 saturated heterocycles. The third-order valence-electron chi connectivity index (χ3n) is 8.14. The molecule has 42 heavy (non-hydrogen) atoms. The second kappa shape index (κ2) is 12.2. The Kier molecular flexibility index (Phi) is 8.64. The molecular weight excluding hydrogens is 550 g/mol. The van der Waals surface area contributed by atoms with Gasteiger partial charge in [0.05, 0.1) is 36.3 Å². The number of anilines is 5. The number of hydrogen-bond acceptors (Lipinski definition) is 10. The van der Waals surface area contributed by atoms with Gasteiger partial charge >= 0.3 is 5.92 Å². The zero-order chi connectivity index (χ0) is 30.0. The van der Waals surface area contributed by atoms with E-state index in [1.807, 2.05) is 7.05 Å². The Bertz CT molecular complexity index is 1320. The molecule has 3 N–H and O–H groups in total. The number of rotatable bonds is 8. The summed E-state index contributed by atoms with van der Waals surface area (Å²) >= 11 is 0. The Balaban J connectivity index is 1.57. The number of alkyl halides is 2. The van der Waals surface area contributed by atoms with E-state index in [0.717, 1.165) is 43.7 Å². The third kappa shape index (κ3) is 5.91. The van der Waals surface area contributed by atoms with Gasteiger partial charge in [0.2, 0.25) is 5.95 Å². The number of benzene rings is 1. The predicted octanol–water partition coefficient (Wildman–Crippen LogP) is 2.06. The number of carbonyl (C=O) groups is 2. The molecule has 3 heterocycles. The van der Waals surface area contributed by atoms with Crippen LogP contribution < -0.4 is 30.1 Å². The van der Waals surface area contributed by atoms with Crippen LogP contribution in [0, 0.1) is 0 Å². The van der Waals surface area contributed by atoms with Gasteiger partial charge in [0.1, 0.15) is 18.0 Å². The number of aliphatic hydroxyl groups is 1. The highest BCUT2D eigenvalue weighted by Gasteiger charge is 2.48. The molecule has 0 spiro atoms. The van der Waals surface area contributed by atoms with Gasteiger partial charge in [0, 0.05) is 46.3 Å². The van der Waals surface area contributed by atoms with Gasteiger partial charge in [-0.15, -0.1) is 0 Å². The summed E-state index contributed by atoms with van der Waals surface area (Å²) in [5, 5.41) is 15.3. The average Bonchev–Trinajstić information content (AvgIpc) is 3.51. The SMILES string of the molecule is CNC(=O)c1cc(OCCO)c(Nc2ncc3c(n2)N(C2CCCC2)CC(F)(F)C(=O)N3C)cc1N1CCN(C)CC1. The van der Waals surface area contributed by atoms with Gasteiger partial charge in [0.15, 0.2) is 5.82 Å². The molecule has 0 radical (unpaired) electrons. The molecule has 2 aromatic rings. The molecule has 1 aliphatic carbocycles. The van der Waals surface area contributed by atoms with E-state index in [2.05, 4.69) is 30.4 Å². The largest absolute Gasteiger partial charge is 0.489 e. The van der Waals surface area contributed by atoms with Crippen molar-refractivity contribution in [1.29, 1.82) is 0 Å². The number of aliphatic hydroxyl groups excluding tert-OH is 1. The Morgan fingerprint density at radius 3 is 2.52 bits per heavy atom. The van der Waals surface area contributed by atoms with Crippen LogP contribution in [0.1, 0.15) is 36.0 Å². The van der Waals surface area contributed by atoms with E-state index in [-0.39, 0.29) is 42.6 Å². The summed E-state index contributed by atoms with van der Waals surface area (Å²) in [4.78, 5) is 41.4. The first-order valence-corrected chi connectivity index (χ1v) is 14.3. The van der Waals surface area contributed by atoms with Crippen LogP contribution in [0.15, 0.2) is 18.3 Å². The molecule has 1 saturated carbocycles. The number of piperazine rings is 1. The number of carbonyl (C=O) groups excluding carboxylic acids is 2. The topological polar surface area (TPSA) is 126 Å². The summed E-state index contributed by atoms with van der Waals surface area (Å²) in [5.74, 6) is -4.49. The van der Waals surface area contributed by atoms with Gasteiger partial charge in [-0.05, 0) is 32.0 Å². The summed E-state index contributed by atoms with van der Waals surface area (Å²) in [6.45, 7) is 2.03. The zero-order valence-electron chi connectivity index (χ0n) is 24.2. The highest BCUT2D eigenvalue weighted by Crippen LogP contribution is 2.41. The number of amides is 2. The predicted molar refractivity (Wildman–Crippen MR) is 155 cm³/mol. The van der Waals surface area contributed by atoms with E-state index in [0.29, 0.717) is 35.8 Å². The van der Waals surface area contributed by atoms with Crippen LogP contribution in [-0.2, 0) is 4.79 Å². The van der Waals surface area contributed by atoms with Gasteiger partial charge in [-0.25, -0.2) is 4.98 Å². The van der Waals surface area contributed by atoms with E-state index < -0.39 is 18.4 Å². The molecular formula is C28H38F2N8O4. The molecule has 0 bridgehead atoms. The van der Waals surface area contributed by atoms with Gasteiger partial charge in [-0.1, -0.05) is 12.8 Å². The minimum absolute atomic E-state index is 0.0157. The highest BCUT2D eigenvalue weighted by atomic mass is 19.3. The van der Waals surface area contributed by atoms with Crippen molar-refractivity contribution in [3.63, 3.8) is 0 Å². The first-order valence-electron chi connectivity index (χ1n) is 14.3. The minimum atomic E-state index is -3.58. The van der Waals surface area contributed by atoms with Gasteiger partial charge < -0.3 is 40.1 Å². The molecule has 14 heteroatoms. The molecule has 2 amide bonds. The number of hydrogen-bond donors (Lipinski definition) is 3. The minimum Gasteiger partial charge on any atom is -0.489 e. The Morgan fingerprint density at radius 2 is 1.86 bits per heavy atom. The average molecular weight is 589 g/mol. The van der Waals surface area contributed by atoms with E-state index in [4.69, 9.17) is 4.74 Å². The highest BCUT2D eigenvalue weighted by molar-refractivity contribution is 6.02. The van der Waals surface area contributed by atoms with E-state index >= 15 is 0 Å². The maximum atomic E-state index is 15.0. The number of likely N-dealkylation sites (N-methyl/N-ethyl adjacent to an activating group) is 1. The number of halogens is 2. The molecule has 3 aliphatic rings. The molecule has 0 atom stereocenters. The Labute approximate surface area is 243 Å². The van der Waals surface area contributed by atoms with Crippen LogP contribution in [0.25, 0.3) is 0 Å². The lowest BCUT2D eigenvalue weighted by Crippen LogP contribution is -2.48. The van der Waals surface area contributed by atoms with Crippen LogP contribution in [0.5, 0.6) is 5.75 Å². The van der Waals surface area contributed by atoms with Crippen molar-refractivity contribution in [2.75, 3.05) is 87.1 Å². The van der Waals surface area contributed by atoms with Gasteiger partial charge in [-0.3, -0.25) is 9.59 Å². The first kappa shape index (κ1) is 29.7. The molecule has 12 nitrogen and oxygen atoms in total. The number of fused-ring (bicyclic) bond motifs is 1. The molecule has 2 fully saturated rings. The Hall–Kier alpha value is -3.78.